The van der Waals surface area contributed by atoms with Gasteiger partial charge < -0.3 is 5.32 Å². The fourth-order valence-corrected chi connectivity index (χ4v) is 2.66. The maximum absolute atomic E-state index is 14.5. The molecule has 1 unspecified atom stereocenters. The van der Waals surface area contributed by atoms with Crippen LogP contribution in [0.5, 0.6) is 0 Å². The minimum atomic E-state index is -0.236. The number of aromatic nitrogens is 2. The number of aryl methyl sites for hydroxylation is 2. The van der Waals surface area contributed by atoms with Crippen molar-refractivity contribution in [3.05, 3.63) is 57.1 Å². The van der Waals surface area contributed by atoms with Crippen molar-refractivity contribution in [1.82, 2.24) is 15.5 Å². The molecule has 0 amide bonds. The second-order valence-corrected chi connectivity index (χ2v) is 5.91. The molecular formula is C16H19BrFN3. The zero-order chi connectivity index (χ0) is 15.4. The van der Waals surface area contributed by atoms with Crippen LogP contribution in [0.3, 0.4) is 0 Å². The van der Waals surface area contributed by atoms with Gasteiger partial charge in [-0.25, -0.2) is 4.39 Å². The normalized spacial score (nSPS) is 12.4. The summed E-state index contributed by atoms with van der Waals surface area (Å²) in [6.07, 6.45) is 0.975. The molecule has 5 heteroatoms. The van der Waals surface area contributed by atoms with Crippen molar-refractivity contribution >= 4 is 15.9 Å². The van der Waals surface area contributed by atoms with Crippen LogP contribution in [-0.4, -0.2) is 16.7 Å². The van der Waals surface area contributed by atoms with Gasteiger partial charge in [-0.3, -0.25) is 0 Å². The van der Waals surface area contributed by atoms with E-state index in [1.807, 2.05) is 32.0 Å². The second kappa shape index (κ2) is 7.09. The minimum absolute atomic E-state index is 0.225. The Bertz CT molecular complexity index is 629. The Labute approximate surface area is 133 Å². The van der Waals surface area contributed by atoms with Crippen molar-refractivity contribution in [3.63, 3.8) is 0 Å². The first-order valence-electron chi connectivity index (χ1n) is 7.02. The van der Waals surface area contributed by atoms with Crippen molar-refractivity contribution in [2.75, 3.05) is 6.54 Å². The zero-order valence-electron chi connectivity index (χ0n) is 12.5. The highest BCUT2D eigenvalue weighted by atomic mass is 79.9. The number of rotatable bonds is 5. The molecule has 2 aromatic rings. The molecule has 1 aromatic carbocycles. The molecule has 0 aliphatic carbocycles. The average molecular weight is 352 g/mol. The van der Waals surface area contributed by atoms with Gasteiger partial charge in [-0.1, -0.05) is 19.1 Å². The van der Waals surface area contributed by atoms with Gasteiger partial charge in [-0.15, -0.1) is 0 Å². The van der Waals surface area contributed by atoms with Gasteiger partial charge in [0, 0.05) is 5.56 Å². The summed E-state index contributed by atoms with van der Waals surface area (Å²) in [6.45, 7) is 6.68. The molecule has 0 fully saturated rings. The van der Waals surface area contributed by atoms with Gasteiger partial charge in [0.25, 0.3) is 0 Å². The summed E-state index contributed by atoms with van der Waals surface area (Å²) in [4.78, 5) is 0. The lowest BCUT2D eigenvalue weighted by molar-refractivity contribution is 0.539. The third-order valence-electron chi connectivity index (χ3n) is 3.34. The molecule has 0 saturated heterocycles. The van der Waals surface area contributed by atoms with Crippen LogP contribution in [0, 0.1) is 19.7 Å². The summed E-state index contributed by atoms with van der Waals surface area (Å²) < 4.78 is 14.9. The number of nitrogens with zero attached hydrogens (tertiary/aromatic N) is 2. The lowest BCUT2D eigenvalue weighted by atomic mass is 9.97. The second-order valence-electron chi connectivity index (χ2n) is 5.06. The van der Waals surface area contributed by atoms with Gasteiger partial charge in [-0.05, 0) is 60.4 Å². The van der Waals surface area contributed by atoms with Crippen LogP contribution in [0.15, 0.2) is 28.7 Å². The van der Waals surface area contributed by atoms with Crippen molar-refractivity contribution in [2.24, 2.45) is 0 Å². The maximum atomic E-state index is 14.5. The van der Waals surface area contributed by atoms with E-state index in [1.54, 1.807) is 6.07 Å². The number of nitrogens with one attached hydrogen (secondary N) is 1. The molecule has 112 valence electrons. The fraction of sp³-hybridized carbons (Fsp3) is 0.375. The van der Waals surface area contributed by atoms with E-state index in [0.29, 0.717) is 10.0 Å². The number of hydrogen-bond donors (Lipinski definition) is 1. The highest BCUT2D eigenvalue weighted by molar-refractivity contribution is 9.10. The fourth-order valence-electron chi connectivity index (χ4n) is 2.28. The van der Waals surface area contributed by atoms with E-state index in [0.717, 1.165) is 29.9 Å². The maximum Gasteiger partial charge on any atom is 0.142 e. The smallest absolute Gasteiger partial charge is 0.142 e. The van der Waals surface area contributed by atoms with E-state index in [-0.39, 0.29) is 11.9 Å². The van der Waals surface area contributed by atoms with Crippen LogP contribution in [-0.2, 0) is 0 Å². The Morgan fingerprint density at radius 3 is 2.71 bits per heavy atom. The van der Waals surface area contributed by atoms with E-state index in [1.165, 1.54) is 0 Å². The first kappa shape index (κ1) is 16.0. The van der Waals surface area contributed by atoms with Crippen molar-refractivity contribution in [3.8, 4) is 0 Å². The summed E-state index contributed by atoms with van der Waals surface area (Å²) in [5.74, 6) is -0.236. The highest BCUT2D eigenvalue weighted by Crippen LogP contribution is 2.29. The zero-order valence-corrected chi connectivity index (χ0v) is 14.0. The molecule has 1 aromatic heterocycles. The molecular weight excluding hydrogens is 333 g/mol. The Morgan fingerprint density at radius 2 is 2.00 bits per heavy atom. The van der Waals surface area contributed by atoms with Gasteiger partial charge in [0.1, 0.15) is 5.82 Å². The van der Waals surface area contributed by atoms with E-state index >= 15 is 0 Å². The summed E-state index contributed by atoms with van der Waals surface area (Å²) in [5.41, 5.74) is 3.23. The van der Waals surface area contributed by atoms with Gasteiger partial charge >= 0.3 is 0 Å². The van der Waals surface area contributed by atoms with Gasteiger partial charge in [0.15, 0.2) is 0 Å². The van der Waals surface area contributed by atoms with Crippen LogP contribution in [0.2, 0.25) is 0 Å². The third kappa shape index (κ3) is 3.66. The first-order valence-corrected chi connectivity index (χ1v) is 7.82. The molecule has 3 nitrogen and oxygen atoms in total. The Balaban J connectivity index is 2.52. The van der Waals surface area contributed by atoms with Crippen LogP contribution in [0.25, 0.3) is 0 Å². The molecule has 2 rings (SSSR count). The Hall–Kier alpha value is -1.33. The lowest BCUT2D eigenvalue weighted by Gasteiger charge is -2.22. The van der Waals surface area contributed by atoms with Gasteiger partial charge in [-0.2, -0.15) is 10.2 Å². The molecule has 1 heterocycles. The van der Waals surface area contributed by atoms with Crippen LogP contribution >= 0.6 is 15.9 Å². The van der Waals surface area contributed by atoms with Crippen molar-refractivity contribution < 1.29 is 4.39 Å². The summed E-state index contributed by atoms with van der Waals surface area (Å²) in [6, 6.07) is 7.11. The average Bonchev–Trinajstić information content (AvgIpc) is 2.47. The van der Waals surface area contributed by atoms with Crippen LogP contribution in [0.1, 0.15) is 41.9 Å². The SMILES string of the molecule is CCCNC(c1cc(C)nnc1C)c1cccc(Br)c1F. The molecule has 0 aliphatic heterocycles. The molecule has 0 radical (unpaired) electrons. The van der Waals surface area contributed by atoms with Crippen LogP contribution < -0.4 is 5.32 Å². The van der Waals surface area contributed by atoms with E-state index in [2.05, 4.69) is 38.4 Å². The monoisotopic (exact) mass is 351 g/mol. The molecule has 21 heavy (non-hydrogen) atoms. The standard InChI is InChI=1S/C16H19BrFN3/c1-4-8-19-16(12-6-5-7-14(17)15(12)18)13-9-10(2)20-21-11(13)3/h5-7,9,16,19H,4,8H2,1-3H3. The van der Waals surface area contributed by atoms with Crippen LogP contribution in [0.4, 0.5) is 4.39 Å². The molecule has 1 atom stereocenters. The topological polar surface area (TPSA) is 37.8 Å². The highest BCUT2D eigenvalue weighted by Gasteiger charge is 2.21. The number of benzene rings is 1. The summed E-state index contributed by atoms with van der Waals surface area (Å²) in [7, 11) is 0. The molecule has 0 spiro atoms. The Kier molecular flexibility index (Phi) is 5.42. The first-order chi connectivity index (χ1) is 10.0. The largest absolute Gasteiger partial charge is 0.306 e. The van der Waals surface area contributed by atoms with Gasteiger partial charge in [0.2, 0.25) is 0 Å². The molecule has 0 saturated carbocycles. The van der Waals surface area contributed by atoms with Crippen molar-refractivity contribution in [2.45, 2.75) is 33.2 Å². The minimum Gasteiger partial charge on any atom is -0.306 e. The molecule has 0 bridgehead atoms. The number of halogens is 2. The summed E-state index contributed by atoms with van der Waals surface area (Å²) in [5, 5.41) is 11.6. The lowest BCUT2D eigenvalue weighted by Crippen LogP contribution is -2.25. The predicted molar refractivity (Wildman–Crippen MR) is 85.7 cm³/mol. The Morgan fingerprint density at radius 1 is 1.24 bits per heavy atom. The predicted octanol–water partition coefficient (Wildman–Crippen LogP) is 4.08. The van der Waals surface area contributed by atoms with E-state index in [9.17, 15) is 4.39 Å². The van der Waals surface area contributed by atoms with Crippen molar-refractivity contribution in [1.29, 1.82) is 0 Å². The summed E-state index contributed by atoms with van der Waals surface area (Å²) >= 11 is 3.26. The van der Waals surface area contributed by atoms with E-state index < -0.39 is 0 Å². The van der Waals surface area contributed by atoms with Gasteiger partial charge in [0.05, 0.1) is 21.9 Å². The third-order valence-corrected chi connectivity index (χ3v) is 3.95. The molecule has 0 aliphatic rings. The number of hydrogen-bond acceptors (Lipinski definition) is 3. The molecule has 1 N–H and O–H groups in total. The van der Waals surface area contributed by atoms with E-state index in [4.69, 9.17) is 0 Å². The quantitative estimate of drug-likeness (QED) is 0.881.